The zero-order valence-electron chi connectivity index (χ0n) is 12.4. The van der Waals surface area contributed by atoms with Crippen LogP contribution in [-0.2, 0) is 6.42 Å². The number of hydrogen-bond acceptors (Lipinski definition) is 4. The molecule has 4 heteroatoms. The van der Waals surface area contributed by atoms with Crippen molar-refractivity contribution in [1.82, 2.24) is 10.2 Å². The Morgan fingerprint density at radius 3 is 2.63 bits per heavy atom. The number of benzene rings is 1. The summed E-state index contributed by atoms with van der Waals surface area (Å²) in [6.07, 6.45) is 0.550. The molecule has 1 aromatic rings. The monoisotopic (exact) mass is 266 g/mol. The fraction of sp³-hybridized carbons (Fsp3) is 0.600. The van der Waals surface area contributed by atoms with Crippen LogP contribution in [0.2, 0.25) is 0 Å². The van der Waals surface area contributed by atoms with Crippen LogP contribution in [0.15, 0.2) is 24.3 Å². The van der Waals surface area contributed by atoms with E-state index in [2.05, 4.69) is 18.3 Å². The Bertz CT molecular complexity index is 369. The molecule has 0 aliphatic carbocycles. The Balaban J connectivity index is 2.40. The first kappa shape index (κ1) is 16.0. The highest BCUT2D eigenvalue weighted by Gasteiger charge is 2.10. The van der Waals surface area contributed by atoms with Crippen LogP contribution >= 0.6 is 0 Å². The van der Waals surface area contributed by atoms with E-state index in [-0.39, 0.29) is 6.10 Å². The van der Waals surface area contributed by atoms with Gasteiger partial charge in [0.2, 0.25) is 0 Å². The summed E-state index contributed by atoms with van der Waals surface area (Å²) >= 11 is 0. The number of hydrogen-bond donors (Lipinski definition) is 2. The normalized spacial score (nSPS) is 14.4. The molecular weight excluding hydrogens is 240 g/mol. The quantitative estimate of drug-likeness (QED) is 0.740. The maximum absolute atomic E-state index is 9.81. The fourth-order valence-electron chi connectivity index (χ4n) is 2.10. The number of aliphatic hydroxyl groups is 1. The highest BCUT2D eigenvalue weighted by molar-refractivity contribution is 5.33. The first-order valence-corrected chi connectivity index (χ1v) is 6.71. The van der Waals surface area contributed by atoms with Crippen LogP contribution in [0.5, 0.6) is 5.75 Å². The van der Waals surface area contributed by atoms with E-state index in [0.717, 1.165) is 12.2 Å². The van der Waals surface area contributed by atoms with E-state index in [9.17, 15) is 5.11 Å². The Morgan fingerprint density at radius 1 is 1.32 bits per heavy atom. The lowest BCUT2D eigenvalue weighted by molar-refractivity contribution is 0.132. The molecule has 0 amide bonds. The number of aliphatic hydroxyl groups excluding tert-OH is 1. The highest BCUT2D eigenvalue weighted by atomic mass is 16.5. The fourth-order valence-corrected chi connectivity index (χ4v) is 2.10. The van der Waals surface area contributed by atoms with Gasteiger partial charge in [-0.3, -0.25) is 0 Å². The second kappa shape index (κ2) is 8.15. The van der Waals surface area contributed by atoms with Crippen molar-refractivity contribution in [3.8, 4) is 5.75 Å². The lowest BCUT2D eigenvalue weighted by atomic mass is 10.1. The maximum Gasteiger partial charge on any atom is 0.122 e. The molecule has 0 radical (unpaired) electrons. The van der Waals surface area contributed by atoms with Gasteiger partial charge in [0.25, 0.3) is 0 Å². The topological polar surface area (TPSA) is 44.7 Å². The van der Waals surface area contributed by atoms with Gasteiger partial charge in [-0.05, 0) is 39.1 Å². The van der Waals surface area contributed by atoms with Crippen LogP contribution in [0, 0.1) is 0 Å². The van der Waals surface area contributed by atoms with Crippen LogP contribution in [0.1, 0.15) is 12.5 Å². The molecule has 0 bridgehead atoms. The van der Waals surface area contributed by atoms with E-state index in [4.69, 9.17) is 4.74 Å². The molecule has 2 unspecified atom stereocenters. The molecule has 0 saturated carbocycles. The number of para-hydroxylation sites is 1. The second-order valence-electron chi connectivity index (χ2n) is 5.24. The Labute approximate surface area is 116 Å². The molecule has 19 heavy (non-hydrogen) atoms. The summed E-state index contributed by atoms with van der Waals surface area (Å²) in [7, 11) is 5.61. The van der Waals surface area contributed by atoms with E-state index >= 15 is 0 Å². The molecule has 0 spiro atoms. The van der Waals surface area contributed by atoms with Gasteiger partial charge in [0.1, 0.15) is 5.75 Å². The van der Waals surface area contributed by atoms with Crippen LogP contribution in [0.3, 0.4) is 0 Å². The van der Waals surface area contributed by atoms with Gasteiger partial charge in [0, 0.05) is 19.1 Å². The van der Waals surface area contributed by atoms with E-state index < -0.39 is 0 Å². The number of methoxy groups -OCH3 is 1. The van der Waals surface area contributed by atoms with Gasteiger partial charge in [-0.15, -0.1) is 0 Å². The molecule has 1 rings (SSSR count). The molecule has 0 aromatic heterocycles. The standard InChI is InChI=1S/C15H26N2O2/c1-12(16-10-14(18)11-17(2)3)9-13-7-5-6-8-15(13)19-4/h5-8,12,14,16,18H,9-11H2,1-4H3. The molecule has 0 heterocycles. The molecule has 4 nitrogen and oxygen atoms in total. The summed E-state index contributed by atoms with van der Waals surface area (Å²) < 4.78 is 5.34. The number of ether oxygens (including phenoxy) is 1. The van der Waals surface area contributed by atoms with Crippen molar-refractivity contribution >= 4 is 0 Å². The molecule has 2 N–H and O–H groups in total. The van der Waals surface area contributed by atoms with Gasteiger partial charge in [-0.25, -0.2) is 0 Å². The zero-order chi connectivity index (χ0) is 14.3. The first-order valence-electron chi connectivity index (χ1n) is 6.71. The minimum Gasteiger partial charge on any atom is -0.496 e. The molecule has 1 aromatic carbocycles. The van der Waals surface area contributed by atoms with E-state index in [1.165, 1.54) is 5.56 Å². The highest BCUT2D eigenvalue weighted by Crippen LogP contribution is 2.18. The summed E-state index contributed by atoms with van der Waals surface area (Å²) in [5, 5.41) is 13.2. The number of likely N-dealkylation sites (N-methyl/N-ethyl adjacent to an activating group) is 1. The molecule has 2 atom stereocenters. The molecule has 0 aliphatic rings. The Kier molecular flexibility index (Phi) is 6.84. The Morgan fingerprint density at radius 2 is 2.00 bits per heavy atom. The lowest BCUT2D eigenvalue weighted by Gasteiger charge is -2.20. The predicted molar refractivity (Wildman–Crippen MR) is 78.7 cm³/mol. The largest absolute Gasteiger partial charge is 0.496 e. The van der Waals surface area contributed by atoms with E-state index in [1.807, 2.05) is 37.2 Å². The van der Waals surface area contributed by atoms with Gasteiger partial charge in [0.05, 0.1) is 13.2 Å². The number of nitrogens with one attached hydrogen (secondary N) is 1. The van der Waals surface area contributed by atoms with Crippen molar-refractivity contribution in [3.63, 3.8) is 0 Å². The second-order valence-corrected chi connectivity index (χ2v) is 5.24. The Hall–Kier alpha value is -1.10. The van der Waals surface area contributed by atoms with Crippen LogP contribution in [0.4, 0.5) is 0 Å². The van der Waals surface area contributed by atoms with Crippen molar-refractivity contribution in [2.75, 3.05) is 34.3 Å². The average molecular weight is 266 g/mol. The summed E-state index contributed by atoms with van der Waals surface area (Å²) in [6, 6.07) is 8.34. The van der Waals surface area contributed by atoms with Crippen LogP contribution in [-0.4, -0.2) is 56.4 Å². The van der Waals surface area contributed by atoms with Crippen LogP contribution in [0.25, 0.3) is 0 Å². The number of rotatable bonds is 8. The summed E-state index contributed by atoms with van der Waals surface area (Å²) in [4.78, 5) is 1.98. The third-order valence-electron chi connectivity index (χ3n) is 3.00. The van der Waals surface area contributed by atoms with Crippen molar-refractivity contribution in [2.45, 2.75) is 25.5 Å². The third kappa shape index (κ3) is 6.05. The van der Waals surface area contributed by atoms with Crippen molar-refractivity contribution in [3.05, 3.63) is 29.8 Å². The first-order chi connectivity index (χ1) is 9.02. The molecule has 0 aliphatic heterocycles. The van der Waals surface area contributed by atoms with Gasteiger partial charge in [0.15, 0.2) is 0 Å². The zero-order valence-corrected chi connectivity index (χ0v) is 12.4. The van der Waals surface area contributed by atoms with Crippen molar-refractivity contribution in [2.24, 2.45) is 0 Å². The maximum atomic E-state index is 9.81. The van der Waals surface area contributed by atoms with Gasteiger partial charge in [-0.1, -0.05) is 18.2 Å². The summed E-state index contributed by atoms with van der Waals surface area (Å²) in [6.45, 7) is 3.40. The van der Waals surface area contributed by atoms with E-state index in [1.54, 1.807) is 7.11 Å². The summed E-state index contributed by atoms with van der Waals surface area (Å²) in [5.74, 6) is 0.921. The SMILES string of the molecule is COc1ccccc1CC(C)NCC(O)CN(C)C. The minimum atomic E-state index is -0.338. The van der Waals surface area contributed by atoms with Crippen molar-refractivity contribution in [1.29, 1.82) is 0 Å². The van der Waals surface area contributed by atoms with Gasteiger partial charge in [-0.2, -0.15) is 0 Å². The minimum absolute atomic E-state index is 0.299. The predicted octanol–water partition coefficient (Wildman–Crippen LogP) is 1.14. The summed E-state index contributed by atoms with van der Waals surface area (Å²) in [5.41, 5.74) is 1.19. The molecule has 0 saturated heterocycles. The molecule has 108 valence electrons. The molecule has 0 fully saturated rings. The average Bonchev–Trinajstić information content (AvgIpc) is 2.36. The smallest absolute Gasteiger partial charge is 0.122 e. The third-order valence-corrected chi connectivity index (χ3v) is 3.00. The lowest BCUT2D eigenvalue weighted by Crippen LogP contribution is -2.39. The van der Waals surface area contributed by atoms with Gasteiger partial charge < -0.3 is 20.1 Å². The van der Waals surface area contributed by atoms with E-state index in [0.29, 0.717) is 19.1 Å². The molecular formula is C15H26N2O2. The van der Waals surface area contributed by atoms with Crippen LogP contribution < -0.4 is 10.1 Å². The van der Waals surface area contributed by atoms with Gasteiger partial charge >= 0.3 is 0 Å². The van der Waals surface area contributed by atoms with Crippen molar-refractivity contribution < 1.29 is 9.84 Å². The number of nitrogens with zero attached hydrogens (tertiary/aromatic N) is 1.